The molecule has 1 aliphatic rings. The van der Waals surface area contributed by atoms with E-state index in [2.05, 4.69) is 15.4 Å². The molecule has 1 N–H and O–H groups in total. The van der Waals surface area contributed by atoms with Crippen LogP contribution >= 0.6 is 0 Å². The fourth-order valence-corrected chi connectivity index (χ4v) is 3.12. The average molecular weight is 418 g/mol. The highest BCUT2D eigenvalue weighted by Crippen LogP contribution is 2.34. The maximum Gasteiger partial charge on any atom is 0.417 e. The molecule has 0 bridgehead atoms. The van der Waals surface area contributed by atoms with Crippen molar-refractivity contribution in [3.63, 3.8) is 0 Å². The minimum Gasteiger partial charge on any atom is -0.454 e. The number of ether oxygens (including phenoxy) is 2. The lowest BCUT2D eigenvalue weighted by Crippen LogP contribution is -2.16. The number of rotatable bonds is 4. The van der Waals surface area contributed by atoms with Crippen molar-refractivity contribution in [1.82, 2.24) is 14.8 Å². The Morgan fingerprint density at radius 3 is 2.57 bits per heavy atom. The van der Waals surface area contributed by atoms with Gasteiger partial charge in [0.05, 0.1) is 23.0 Å². The summed E-state index contributed by atoms with van der Waals surface area (Å²) in [7, 11) is 0. The summed E-state index contributed by atoms with van der Waals surface area (Å²) in [6.07, 6.45) is -2.36. The summed E-state index contributed by atoms with van der Waals surface area (Å²) in [5.74, 6) is 0.761. The van der Waals surface area contributed by atoms with Crippen LogP contribution in [-0.2, 0) is 6.18 Å². The molecule has 156 valence electrons. The van der Waals surface area contributed by atoms with Gasteiger partial charge in [0.1, 0.15) is 0 Å². The third-order valence-electron chi connectivity index (χ3n) is 4.52. The number of hydrogen-bond donors (Lipinski definition) is 1. The summed E-state index contributed by atoms with van der Waals surface area (Å²) < 4.78 is 50.3. The van der Waals surface area contributed by atoms with E-state index in [-0.39, 0.29) is 18.5 Å². The standard InChI is InChI=1S/C20H17F3N4O3/c1-11(2)18-14(19(28)26-13-4-5-15-16(7-13)30-10-29-15)9-25-27(18)17-6-3-12(8-24-17)20(21,22)23/h3-9,11H,10H2,1-2H3,(H,26,28). The molecule has 30 heavy (non-hydrogen) atoms. The molecule has 2 aromatic heterocycles. The SMILES string of the molecule is CC(C)c1c(C(=O)Nc2ccc3c(c2)OCO3)cnn1-c1ccc(C(F)(F)F)cn1. The Bertz CT molecular complexity index is 1090. The first-order chi connectivity index (χ1) is 14.2. The monoisotopic (exact) mass is 418 g/mol. The van der Waals surface area contributed by atoms with Crippen LogP contribution in [0.5, 0.6) is 11.5 Å². The number of amides is 1. The van der Waals surface area contributed by atoms with E-state index in [0.717, 1.165) is 12.3 Å². The van der Waals surface area contributed by atoms with Gasteiger partial charge in [0.15, 0.2) is 17.3 Å². The van der Waals surface area contributed by atoms with Crippen LogP contribution in [0.1, 0.15) is 41.4 Å². The lowest BCUT2D eigenvalue weighted by Gasteiger charge is -2.13. The average Bonchev–Trinajstić information content (AvgIpc) is 3.34. The van der Waals surface area contributed by atoms with Gasteiger partial charge in [-0.1, -0.05) is 13.8 Å². The Kier molecular flexibility index (Phi) is 4.84. The van der Waals surface area contributed by atoms with Crippen LogP contribution in [0.4, 0.5) is 18.9 Å². The second-order valence-electron chi connectivity index (χ2n) is 6.93. The van der Waals surface area contributed by atoms with Gasteiger partial charge < -0.3 is 14.8 Å². The van der Waals surface area contributed by atoms with E-state index in [1.54, 1.807) is 18.2 Å². The summed E-state index contributed by atoms with van der Waals surface area (Å²) in [6, 6.07) is 7.18. The van der Waals surface area contributed by atoms with Crippen LogP contribution < -0.4 is 14.8 Å². The molecule has 0 spiro atoms. The van der Waals surface area contributed by atoms with Crippen LogP contribution in [0.15, 0.2) is 42.7 Å². The van der Waals surface area contributed by atoms with Crippen molar-refractivity contribution < 1.29 is 27.4 Å². The number of carbonyl (C=O) groups is 1. The van der Waals surface area contributed by atoms with Gasteiger partial charge >= 0.3 is 6.18 Å². The summed E-state index contributed by atoms with van der Waals surface area (Å²) in [4.78, 5) is 16.7. The van der Waals surface area contributed by atoms with Crippen LogP contribution in [-0.4, -0.2) is 27.5 Å². The molecule has 0 saturated carbocycles. The number of fused-ring (bicyclic) bond motifs is 1. The van der Waals surface area contributed by atoms with E-state index in [1.165, 1.54) is 16.9 Å². The first kappa shape index (κ1) is 19.7. The Morgan fingerprint density at radius 1 is 1.13 bits per heavy atom. The number of nitrogens with one attached hydrogen (secondary N) is 1. The smallest absolute Gasteiger partial charge is 0.417 e. The third-order valence-corrected chi connectivity index (χ3v) is 4.52. The zero-order valence-corrected chi connectivity index (χ0v) is 16.0. The molecule has 7 nitrogen and oxygen atoms in total. The maximum atomic E-state index is 12.9. The molecule has 1 aliphatic heterocycles. The van der Waals surface area contributed by atoms with E-state index >= 15 is 0 Å². The lowest BCUT2D eigenvalue weighted by atomic mass is 10.1. The number of alkyl halides is 3. The van der Waals surface area contributed by atoms with E-state index in [4.69, 9.17) is 9.47 Å². The van der Waals surface area contributed by atoms with Gasteiger partial charge in [-0.25, -0.2) is 9.67 Å². The molecule has 1 aromatic carbocycles. The first-order valence-electron chi connectivity index (χ1n) is 9.06. The minimum absolute atomic E-state index is 0.122. The molecule has 1 amide bonds. The van der Waals surface area contributed by atoms with Gasteiger partial charge in [-0.3, -0.25) is 4.79 Å². The van der Waals surface area contributed by atoms with E-state index in [0.29, 0.717) is 28.4 Å². The maximum absolute atomic E-state index is 12.9. The number of nitrogens with zero attached hydrogens (tertiary/aromatic N) is 3. The highest BCUT2D eigenvalue weighted by atomic mass is 19.4. The van der Waals surface area contributed by atoms with Crippen LogP contribution in [0.2, 0.25) is 0 Å². The molecular weight excluding hydrogens is 401 g/mol. The number of aromatic nitrogens is 3. The van der Waals surface area contributed by atoms with E-state index in [9.17, 15) is 18.0 Å². The topological polar surface area (TPSA) is 78.3 Å². The van der Waals surface area contributed by atoms with Gasteiger partial charge in [0.25, 0.3) is 5.91 Å². The zero-order chi connectivity index (χ0) is 21.5. The quantitative estimate of drug-likeness (QED) is 0.680. The number of pyridine rings is 1. The van der Waals surface area contributed by atoms with Crippen molar-refractivity contribution in [3.8, 4) is 17.3 Å². The molecule has 0 atom stereocenters. The number of hydrogen-bond acceptors (Lipinski definition) is 5. The van der Waals surface area contributed by atoms with Crippen molar-refractivity contribution in [2.45, 2.75) is 25.9 Å². The molecule has 0 fully saturated rings. The Hall–Kier alpha value is -3.56. The molecular formula is C20H17F3N4O3. The van der Waals surface area contributed by atoms with E-state index in [1.807, 2.05) is 13.8 Å². The van der Waals surface area contributed by atoms with Crippen LogP contribution in [0.25, 0.3) is 5.82 Å². The number of halogens is 3. The Labute approximate surface area is 169 Å². The van der Waals surface area contributed by atoms with Gasteiger partial charge in [-0.2, -0.15) is 18.3 Å². The third kappa shape index (κ3) is 3.68. The largest absolute Gasteiger partial charge is 0.454 e. The van der Waals surface area contributed by atoms with Gasteiger partial charge in [0, 0.05) is 18.0 Å². The normalized spacial score (nSPS) is 13.0. The van der Waals surface area contributed by atoms with E-state index < -0.39 is 17.6 Å². The van der Waals surface area contributed by atoms with Gasteiger partial charge in [0.2, 0.25) is 6.79 Å². The minimum atomic E-state index is -4.48. The van der Waals surface area contributed by atoms with Crippen molar-refractivity contribution in [2.24, 2.45) is 0 Å². The highest BCUT2D eigenvalue weighted by molar-refractivity contribution is 6.05. The van der Waals surface area contributed by atoms with Gasteiger partial charge in [-0.05, 0) is 30.2 Å². The lowest BCUT2D eigenvalue weighted by molar-refractivity contribution is -0.137. The molecule has 0 unspecified atom stereocenters. The second kappa shape index (κ2) is 7.36. The summed E-state index contributed by atoms with van der Waals surface area (Å²) >= 11 is 0. The van der Waals surface area contributed by atoms with Crippen LogP contribution in [0, 0.1) is 0 Å². The number of carbonyl (C=O) groups excluding carboxylic acids is 1. The Balaban J connectivity index is 1.63. The van der Waals surface area contributed by atoms with Crippen molar-refractivity contribution in [2.75, 3.05) is 12.1 Å². The number of anilines is 1. The predicted octanol–water partition coefficient (Wildman–Crippen LogP) is 4.39. The summed E-state index contributed by atoms with van der Waals surface area (Å²) in [5, 5.41) is 6.97. The molecule has 0 aliphatic carbocycles. The summed E-state index contributed by atoms with van der Waals surface area (Å²) in [6.45, 7) is 3.83. The molecule has 4 rings (SSSR count). The predicted molar refractivity (Wildman–Crippen MR) is 101 cm³/mol. The zero-order valence-electron chi connectivity index (χ0n) is 16.0. The molecule has 10 heteroatoms. The first-order valence-corrected chi connectivity index (χ1v) is 9.06. The molecule has 3 aromatic rings. The fraction of sp³-hybridized carbons (Fsp3) is 0.250. The molecule has 3 heterocycles. The molecule has 0 saturated heterocycles. The fourth-order valence-electron chi connectivity index (χ4n) is 3.12. The number of benzene rings is 1. The molecule has 0 radical (unpaired) electrons. The van der Waals surface area contributed by atoms with Crippen LogP contribution in [0.3, 0.4) is 0 Å². The second-order valence-corrected chi connectivity index (χ2v) is 6.93. The van der Waals surface area contributed by atoms with Crippen molar-refractivity contribution in [1.29, 1.82) is 0 Å². The van der Waals surface area contributed by atoms with Gasteiger partial charge in [-0.15, -0.1) is 0 Å². The summed E-state index contributed by atoms with van der Waals surface area (Å²) in [5.41, 5.74) is 0.481. The highest BCUT2D eigenvalue weighted by Gasteiger charge is 2.31. The van der Waals surface area contributed by atoms with Crippen molar-refractivity contribution in [3.05, 3.63) is 59.5 Å². The van der Waals surface area contributed by atoms with Crippen molar-refractivity contribution >= 4 is 11.6 Å². The Morgan fingerprint density at radius 2 is 1.90 bits per heavy atom.